The Hall–Kier alpha value is -2.73. The highest BCUT2D eigenvalue weighted by Gasteiger charge is 2.43. The van der Waals surface area contributed by atoms with Crippen molar-refractivity contribution in [2.75, 3.05) is 4.90 Å². The number of nitrogens with zero attached hydrogens (tertiary/aromatic N) is 3. The number of rotatable bonds is 4. The van der Waals surface area contributed by atoms with Crippen molar-refractivity contribution in [1.82, 2.24) is 14.9 Å². The van der Waals surface area contributed by atoms with Gasteiger partial charge in [0.2, 0.25) is 0 Å². The summed E-state index contributed by atoms with van der Waals surface area (Å²) in [6.45, 7) is 0. The minimum absolute atomic E-state index is 0.157. The van der Waals surface area contributed by atoms with Crippen LogP contribution in [-0.4, -0.2) is 14.7 Å². The van der Waals surface area contributed by atoms with Crippen molar-refractivity contribution in [3.8, 4) is 0 Å². The molecule has 1 aromatic carbocycles. The van der Waals surface area contributed by atoms with E-state index in [4.69, 9.17) is 12.2 Å². The van der Waals surface area contributed by atoms with Gasteiger partial charge in [-0.2, -0.15) is 0 Å². The molecule has 4 nitrogen and oxygen atoms in total. The summed E-state index contributed by atoms with van der Waals surface area (Å²) in [5.74, 6) is -0.274. The third-order valence-electron chi connectivity index (χ3n) is 6.29. The SMILES string of the molecule is Fc1ccccc1N1C(=S)NC(c2ccccn2)C1c1cccn1C1CCCCC1. The van der Waals surface area contributed by atoms with Crippen LogP contribution in [-0.2, 0) is 0 Å². The van der Waals surface area contributed by atoms with E-state index in [0.717, 1.165) is 11.4 Å². The molecule has 0 radical (unpaired) electrons. The molecular weight excluding hydrogens is 395 g/mol. The summed E-state index contributed by atoms with van der Waals surface area (Å²) < 4.78 is 17.3. The van der Waals surface area contributed by atoms with Crippen LogP contribution in [0.1, 0.15) is 61.6 Å². The molecule has 3 heterocycles. The Morgan fingerprint density at radius 1 is 0.967 bits per heavy atom. The van der Waals surface area contributed by atoms with Crippen molar-refractivity contribution in [3.63, 3.8) is 0 Å². The van der Waals surface area contributed by atoms with Gasteiger partial charge in [0, 0.05) is 24.1 Å². The minimum atomic E-state index is -0.274. The second kappa shape index (κ2) is 8.19. The van der Waals surface area contributed by atoms with Gasteiger partial charge in [0.05, 0.1) is 17.4 Å². The van der Waals surface area contributed by atoms with Crippen molar-refractivity contribution >= 4 is 23.0 Å². The number of aromatic nitrogens is 2. The van der Waals surface area contributed by atoms with Crippen LogP contribution >= 0.6 is 12.2 Å². The predicted octanol–water partition coefficient (Wildman–Crippen LogP) is 5.70. The second-order valence-corrected chi connectivity index (χ2v) is 8.47. The summed E-state index contributed by atoms with van der Waals surface area (Å²) in [6, 6.07) is 17.1. The lowest BCUT2D eigenvalue weighted by atomic mass is 9.94. The van der Waals surface area contributed by atoms with Crippen molar-refractivity contribution in [2.45, 2.75) is 50.2 Å². The van der Waals surface area contributed by atoms with Gasteiger partial charge < -0.3 is 14.8 Å². The first kappa shape index (κ1) is 19.2. The molecule has 6 heteroatoms. The van der Waals surface area contributed by atoms with Gasteiger partial charge in [0.25, 0.3) is 0 Å². The molecule has 1 aliphatic heterocycles. The van der Waals surface area contributed by atoms with E-state index in [1.54, 1.807) is 18.3 Å². The van der Waals surface area contributed by atoms with Crippen molar-refractivity contribution in [1.29, 1.82) is 0 Å². The number of anilines is 1. The third-order valence-corrected chi connectivity index (χ3v) is 6.61. The third kappa shape index (κ3) is 3.39. The first-order valence-electron chi connectivity index (χ1n) is 10.7. The maximum atomic E-state index is 14.9. The van der Waals surface area contributed by atoms with E-state index in [0.29, 0.717) is 16.8 Å². The van der Waals surface area contributed by atoms with Gasteiger partial charge in [0.1, 0.15) is 11.9 Å². The van der Waals surface area contributed by atoms with Gasteiger partial charge >= 0.3 is 0 Å². The van der Waals surface area contributed by atoms with Crippen LogP contribution in [0.5, 0.6) is 0 Å². The van der Waals surface area contributed by atoms with Crippen LogP contribution in [0.15, 0.2) is 67.0 Å². The van der Waals surface area contributed by atoms with E-state index in [9.17, 15) is 4.39 Å². The van der Waals surface area contributed by atoms with Crippen LogP contribution in [0.3, 0.4) is 0 Å². The molecule has 3 aromatic rings. The normalized spacial score (nSPS) is 22.3. The zero-order valence-corrected chi connectivity index (χ0v) is 17.6. The fourth-order valence-corrected chi connectivity index (χ4v) is 5.25. The zero-order valence-electron chi connectivity index (χ0n) is 16.7. The Morgan fingerprint density at radius 2 is 1.77 bits per heavy atom. The monoisotopic (exact) mass is 420 g/mol. The molecule has 1 saturated carbocycles. The molecule has 30 heavy (non-hydrogen) atoms. The Kier molecular flexibility index (Phi) is 5.25. The Bertz CT molecular complexity index is 1030. The minimum Gasteiger partial charge on any atom is -0.351 e. The number of para-hydroxylation sites is 1. The summed E-state index contributed by atoms with van der Waals surface area (Å²) in [5, 5.41) is 3.95. The number of hydrogen-bond acceptors (Lipinski definition) is 2. The fourth-order valence-electron chi connectivity index (χ4n) is 4.91. The quantitative estimate of drug-likeness (QED) is 0.549. The van der Waals surface area contributed by atoms with Crippen molar-refractivity contribution in [2.24, 2.45) is 0 Å². The van der Waals surface area contributed by atoms with Gasteiger partial charge in [-0.05, 0) is 61.5 Å². The average molecular weight is 421 g/mol. The molecule has 2 fully saturated rings. The summed E-state index contributed by atoms with van der Waals surface area (Å²) in [6.07, 6.45) is 10.1. The lowest BCUT2D eigenvalue weighted by Gasteiger charge is -2.32. The first-order valence-corrected chi connectivity index (χ1v) is 11.1. The number of benzene rings is 1. The molecule has 1 N–H and O–H groups in total. The molecular formula is C24H25FN4S. The Morgan fingerprint density at radius 3 is 2.53 bits per heavy atom. The van der Waals surface area contributed by atoms with E-state index < -0.39 is 0 Å². The fraction of sp³-hybridized carbons (Fsp3) is 0.333. The number of halogens is 1. The number of pyridine rings is 1. The van der Waals surface area contributed by atoms with Crippen molar-refractivity contribution < 1.29 is 4.39 Å². The number of hydrogen-bond donors (Lipinski definition) is 1. The van der Waals surface area contributed by atoms with Crippen LogP contribution in [0.25, 0.3) is 0 Å². The van der Waals surface area contributed by atoms with E-state index in [1.165, 1.54) is 38.2 Å². The summed E-state index contributed by atoms with van der Waals surface area (Å²) in [5.41, 5.74) is 2.54. The molecule has 1 saturated heterocycles. The van der Waals surface area contributed by atoms with Crippen LogP contribution in [0, 0.1) is 5.82 Å². The predicted molar refractivity (Wildman–Crippen MR) is 121 cm³/mol. The lowest BCUT2D eigenvalue weighted by molar-refractivity contribution is 0.339. The summed E-state index contributed by atoms with van der Waals surface area (Å²) >= 11 is 5.72. The maximum Gasteiger partial charge on any atom is 0.174 e. The topological polar surface area (TPSA) is 33.1 Å². The van der Waals surface area contributed by atoms with Crippen LogP contribution < -0.4 is 10.2 Å². The largest absolute Gasteiger partial charge is 0.351 e. The average Bonchev–Trinajstić information content (AvgIpc) is 3.40. The second-order valence-electron chi connectivity index (χ2n) is 8.08. The molecule has 0 bridgehead atoms. The Labute approximate surface area is 181 Å². The molecule has 2 aliphatic rings. The van der Waals surface area contributed by atoms with Gasteiger partial charge in [-0.25, -0.2) is 4.39 Å². The zero-order chi connectivity index (χ0) is 20.5. The molecule has 2 unspecified atom stereocenters. The highest BCUT2D eigenvalue weighted by Crippen LogP contribution is 2.44. The van der Waals surface area contributed by atoms with Gasteiger partial charge in [-0.15, -0.1) is 0 Å². The molecule has 0 spiro atoms. The number of nitrogens with one attached hydrogen (secondary N) is 1. The van der Waals surface area contributed by atoms with E-state index in [1.807, 2.05) is 29.2 Å². The van der Waals surface area contributed by atoms with Gasteiger partial charge in [-0.3, -0.25) is 4.98 Å². The Balaban J connectivity index is 1.63. The highest BCUT2D eigenvalue weighted by molar-refractivity contribution is 7.80. The standard InChI is InChI=1S/C24H25FN4S/c25-18-11-4-5-13-20(18)29-23(22(27-24(29)30)19-12-6-7-15-26-19)21-14-8-16-28(21)17-9-2-1-3-10-17/h4-8,11-17,22-23H,1-3,9-10H2,(H,27,30). The first-order chi connectivity index (χ1) is 14.7. The molecule has 0 amide bonds. The maximum absolute atomic E-state index is 14.9. The van der Waals surface area contributed by atoms with E-state index in [2.05, 4.69) is 33.2 Å². The van der Waals surface area contributed by atoms with Crippen molar-refractivity contribution in [3.05, 3.63) is 84.2 Å². The molecule has 2 atom stereocenters. The lowest BCUT2D eigenvalue weighted by Crippen LogP contribution is -2.31. The highest BCUT2D eigenvalue weighted by atomic mass is 32.1. The number of thiocarbonyl (C=S) groups is 1. The van der Waals surface area contributed by atoms with Gasteiger partial charge in [-0.1, -0.05) is 37.5 Å². The molecule has 154 valence electrons. The van der Waals surface area contributed by atoms with Gasteiger partial charge in [0.15, 0.2) is 5.11 Å². The summed E-state index contributed by atoms with van der Waals surface area (Å²) in [7, 11) is 0. The summed E-state index contributed by atoms with van der Waals surface area (Å²) in [4.78, 5) is 6.53. The van der Waals surface area contributed by atoms with E-state index >= 15 is 0 Å². The van der Waals surface area contributed by atoms with E-state index in [-0.39, 0.29) is 17.9 Å². The molecule has 5 rings (SSSR count). The molecule has 2 aromatic heterocycles. The van der Waals surface area contributed by atoms with Crippen LogP contribution in [0.2, 0.25) is 0 Å². The smallest absolute Gasteiger partial charge is 0.174 e. The molecule has 1 aliphatic carbocycles. The van der Waals surface area contributed by atoms with Crippen LogP contribution in [0.4, 0.5) is 10.1 Å².